The number of rotatable bonds is 8. The maximum absolute atomic E-state index is 4.59. The Labute approximate surface area is 377 Å². The number of hydrogen-bond acceptors (Lipinski definition) is 2. The molecule has 306 valence electrons. The normalized spacial score (nSPS) is 15.9. The molecule has 3 aliphatic rings. The minimum atomic E-state index is -0.506. The van der Waals surface area contributed by atoms with Crippen molar-refractivity contribution in [1.82, 2.24) is 0 Å². The molecule has 1 heterocycles. The fourth-order valence-corrected chi connectivity index (χ4v) is 10.3. The first kappa shape index (κ1) is 38.9. The summed E-state index contributed by atoms with van der Waals surface area (Å²) in [4.78, 5) is 4.78. The van der Waals surface area contributed by atoms with E-state index in [1.807, 2.05) is 0 Å². The van der Waals surface area contributed by atoms with Gasteiger partial charge >= 0.3 is 0 Å². The summed E-state index contributed by atoms with van der Waals surface area (Å²) in [7, 11) is 0. The number of anilines is 4. The summed E-state index contributed by atoms with van der Waals surface area (Å²) < 4.78 is 0. The van der Waals surface area contributed by atoms with E-state index in [4.69, 9.17) is 0 Å². The van der Waals surface area contributed by atoms with Crippen molar-refractivity contribution in [3.63, 3.8) is 0 Å². The summed E-state index contributed by atoms with van der Waals surface area (Å²) in [6, 6.07) is 75.8. The summed E-state index contributed by atoms with van der Waals surface area (Å²) in [5, 5.41) is 0. The fourth-order valence-electron chi connectivity index (χ4n) is 10.3. The molecule has 0 radical (unpaired) electrons. The maximum atomic E-state index is 4.59. The molecular formula is C62H48N2. The summed E-state index contributed by atoms with van der Waals surface area (Å²) >= 11 is 0. The first-order valence-electron chi connectivity index (χ1n) is 22.4. The van der Waals surface area contributed by atoms with Gasteiger partial charge < -0.3 is 9.80 Å². The second-order valence-corrected chi connectivity index (χ2v) is 16.8. The van der Waals surface area contributed by atoms with Gasteiger partial charge in [-0.2, -0.15) is 0 Å². The number of benzene rings is 8. The first-order valence-corrected chi connectivity index (χ1v) is 22.4. The molecule has 64 heavy (non-hydrogen) atoms. The van der Waals surface area contributed by atoms with Crippen LogP contribution in [-0.2, 0) is 11.8 Å². The van der Waals surface area contributed by atoms with Crippen LogP contribution < -0.4 is 9.80 Å². The number of para-hydroxylation sites is 1. The lowest BCUT2D eigenvalue weighted by Gasteiger charge is -2.35. The van der Waals surface area contributed by atoms with E-state index < -0.39 is 5.41 Å². The second-order valence-electron chi connectivity index (χ2n) is 16.8. The maximum Gasteiger partial charge on any atom is 0.0714 e. The van der Waals surface area contributed by atoms with Crippen LogP contribution in [0, 0.1) is 0 Å². The molecule has 1 aliphatic heterocycles. The van der Waals surface area contributed by atoms with Crippen molar-refractivity contribution >= 4 is 28.3 Å². The molecule has 0 atom stereocenters. The third-order valence-corrected chi connectivity index (χ3v) is 13.2. The zero-order valence-corrected chi connectivity index (χ0v) is 35.8. The van der Waals surface area contributed by atoms with Crippen LogP contribution in [0.3, 0.4) is 0 Å². The summed E-state index contributed by atoms with van der Waals surface area (Å²) in [6.45, 7) is 4.59. The molecule has 0 aromatic heterocycles. The van der Waals surface area contributed by atoms with Gasteiger partial charge in [-0.05, 0) is 135 Å². The highest BCUT2D eigenvalue weighted by Crippen LogP contribution is 2.57. The summed E-state index contributed by atoms with van der Waals surface area (Å²) in [6.07, 6.45) is 16.0. The van der Waals surface area contributed by atoms with Gasteiger partial charge in [0.15, 0.2) is 0 Å². The smallest absolute Gasteiger partial charge is 0.0714 e. The molecule has 0 amide bonds. The van der Waals surface area contributed by atoms with Crippen LogP contribution in [0.1, 0.15) is 46.2 Å². The lowest BCUT2D eigenvalue weighted by Crippen LogP contribution is -2.28. The molecule has 8 aromatic rings. The Morgan fingerprint density at radius 1 is 0.469 bits per heavy atom. The van der Waals surface area contributed by atoms with Crippen molar-refractivity contribution < 1.29 is 0 Å². The Hall–Kier alpha value is -7.94. The molecule has 0 fully saturated rings. The average Bonchev–Trinajstić information content (AvgIpc) is 3.69. The average molecular weight is 821 g/mol. The topological polar surface area (TPSA) is 6.48 Å². The number of allylic oxidation sites excluding steroid dienone is 7. The van der Waals surface area contributed by atoms with Gasteiger partial charge in [0.05, 0.1) is 5.41 Å². The Morgan fingerprint density at radius 2 is 1.05 bits per heavy atom. The van der Waals surface area contributed by atoms with E-state index in [0.29, 0.717) is 0 Å². The van der Waals surface area contributed by atoms with Gasteiger partial charge in [0, 0.05) is 34.1 Å². The van der Waals surface area contributed by atoms with Gasteiger partial charge in [-0.25, -0.2) is 0 Å². The molecule has 8 aromatic carbocycles. The molecule has 0 bridgehead atoms. The summed E-state index contributed by atoms with van der Waals surface area (Å²) in [5.41, 5.74) is 19.9. The fraction of sp³-hybridized carbons (Fsp3) is 0.0645. The largest absolute Gasteiger partial charge is 0.311 e. The van der Waals surface area contributed by atoms with Crippen molar-refractivity contribution in [1.29, 1.82) is 0 Å². The van der Waals surface area contributed by atoms with E-state index >= 15 is 0 Å². The second kappa shape index (κ2) is 16.7. The zero-order chi connectivity index (χ0) is 42.9. The molecule has 0 saturated heterocycles. The van der Waals surface area contributed by atoms with Crippen molar-refractivity contribution in [3.05, 3.63) is 294 Å². The lowest BCUT2D eigenvalue weighted by atomic mass is 9.67. The molecule has 0 spiro atoms. The van der Waals surface area contributed by atoms with Gasteiger partial charge in [0.2, 0.25) is 0 Å². The molecule has 2 nitrogen and oxygen atoms in total. The predicted molar refractivity (Wildman–Crippen MR) is 269 cm³/mol. The van der Waals surface area contributed by atoms with Gasteiger partial charge in [0.1, 0.15) is 0 Å². The standard InChI is InChI=1S/C62H48N2/c1-45-20-6-2-9-23-49-24-14-18-32-60(49)63(45)61-33-19-16-29-55(61)48-36-40-53(41-37-48)64(52-38-34-47(35-39-52)46-21-7-3-8-22-46)54-42-43-57-56-30-15-17-31-58(56)62(59(57)44-54,50-25-10-4-11-26-50)51-27-12-5-13-28-51/h2-15,17-22,24-28,30-44H,1,16,23,29H2/b9-2-,20-6-. The molecule has 0 saturated carbocycles. The Kier molecular flexibility index (Phi) is 10.2. The van der Waals surface area contributed by atoms with Crippen LogP contribution in [-0.4, -0.2) is 0 Å². The van der Waals surface area contributed by atoms with Crippen LogP contribution in [0.15, 0.2) is 261 Å². The minimum Gasteiger partial charge on any atom is -0.311 e. The van der Waals surface area contributed by atoms with E-state index in [1.165, 1.54) is 72.6 Å². The van der Waals surface area contributed by atoms with E-state index in [2.05, 4.69) is 259 Å². The molecule has 11 rings (SSSR count). The van der Waals surface area contributed by atoms with Crippen LogP contribution >= 0.6 is 0 Å². The highest BCUT2D eigenvalue weighted by molar-refractivity contribution is 5.90. The van der Waals surface area contributed by atoms with E-state index in [0.717, 1.165) is 42.0 Å². The molecular weight excluding hydrogens is 773 g/mol. The van der Waals surface area contributed by atoms with Crippen LogP contribution in [0.25, 0.3) is 27.8 Å². The Morgan fingerprint density at radius 3 is 1.77 bits per heavy atom. The lowest BCUT2D eigenvalue weighted by molar-refractivity contribution is 0.768. The third kappa shape index (κ3) is 6.76. The quantitative estimate of drug-likeness (QED) is 0.151. The summed E-state index contributed by atoms with van der Waals surface area (Å²) in [5.74, 6) is 0. The number of hydrogen-bond donors (Lipinski definition) is 0. The van der Waals surface area contributed by atoms with Gasteiger partial charge in [0.25, 0.3) is 0 Å². The van der Waals surface area contributed by atoms with Gasteiger partial charge in [-0.1, -0.05) is 195 Å². The monoisotopic (exact) mass is 820 g/mol. The van der Waals surface area contributed by atoms with Crippen molar-refractivity contribution in [2.24, 2.45) is 0 Å². The van der Waals surface area contributed by atoms with Crippen molar-refractivity contribution in [2.75, 3.05) is 9.80 Å². The third-order valence-electron chi connectivity index (χ3n) is 13.2. The van der Waals surface area contributed by atoms with Crippen molar-refractivity contribution in [3.8, 4) is 22.3 Å². The Balaban J connectivity index is 1.07. The predicted octanol–water partition coefficient (Wildman–Crippen LogP) is 15.9. The van der Waals surface area contributed by atoms with E-state index in [9.17, 15) is 0 Å². The SMILES string of the molecule is C=C1/C=C\C=C/Cc2ccccc2N1C1=C(c2ccc(N(c3ccc(-c4ccccc4)cc3)c3ccc4c(c3)C(c3ccccc3)(c3ccccc3)c3ccccc3-4)cc2)CCC=C1. The van der Waals surface area contributed by atoms with Crippen molar-refractivity contribution in [2.45, 2.75) is 24.7 Å². The highest BCUT2D eigenvalue weighted by Gasteiger charge is 2.46. The first-order chi connectivity index (χ1) is 31.7. The molecule has 2 heteroatoms. The Bertz CT molecular complexity index is 3080. The molecule has 0 N–H and O–H groups in total. The van der Waals surface area contributed by atoms with E-state index in [-0.39, 0.29) is 0 Å². The highest BCUT2D eigenvalue weighted by atomic mass is 15.2. The van der Waals surface area contributed by atoms with Gasteiger partial charge in [-0.3, -0.25) is 0 Å². The van der Waals surface area contributed by atoms with Crippen LogP contribution in [0.2, 0.25) is 0 Å². The number of nitrogens with zero attached hydrogens (tertiary/aromatic N) is 2. The zero-order valence-electron chi connectivity index (χ0n) is 35.8. The van der Waals surface area contributed by atoms with Gasteiger partial charge in [-0.15, -0.1) is 0 Å². The van der Waals surface area contributed by atoms with Crippen LogP contribution in [0.4, 0.5) is 22.7 Å². The molecule has 0 unspecified atom stereocenters. The number of fused-ring (bicyclic) bond motifs is 4. The van der Waals surface area contributed by atoms with E-state index in [1.54, 1.807) is 0 Å². The van der Waals surface area contributed by atoms with Crippen LogP contribution in [0.5, 0.6) is 0 Å². The minimum absolute atomic E-state index is 0.506. The molecule has 2 aliphatic carbocycles.